The Balaban J connectivity index is 2.26. The largest absolute Gasteiger partial charge is 0.379 e. The molecule has 0 aromatic heterocycles. The van der Waals surface area contributed by atoms with Gasteiger partial charge in [0.1, 0.15) is 6.10 Å². The van der Waals surface area contributed by atoms with E-state index in [4.69, 9.17) is 14.2 Å². The molecule has 0 fully saturated rings. The van der Waals surface area contributed by atoms with Crippen LogP contribution in [0.2, 0.25) is 0 Å². The van der Waals surface area contributed by atoms with Gasteiger partial charge in [0.15, 0.2) is 0 Å². The molecule has 3 heteroatoms. The minimum atomic E-state index is -0.00669. The second-order valence-electron chi connectivity index (χ2n) is 19.1. The summed E-state index contributed by atoms with van der Waals surface area (Å²) < 4.78 is 18.8. The highest BCUT2D eigenvalue weighted by Crippen LogP contribution is 2.24. The fourth-order valence-electron chi connectivity index (χ4n) is 7.84. The normalized spacial score (nSPS) is 16.2. The number of rotatable bonds is 37. The third-order valence-corrected chi connectivity index (χ3v) is 12.0. The predicted octanol–water partition coefficient (Wildman–Crippen LogP) is 15.5. The van der Waals surface area contributed by atoms with Gasteiger partial charge in [-0.3, -0.25) is 0 Å². The monoisotopic (exact) mass is 743 g/mol. The lowest BCUT2D eigenvalue weighted by Gasteiger charge is -2.21. The van der Waals surface area contributed by atoms with Crippen molar-refractivity contribution in [2.24, 2.45) is 47.3 Å². The maximum atomic E-state index is 6.42. The van der Waals surface area contributed by atoms with Crippen LogP contribution in [0.3, 0.4) is 0 Å². The van der Waals surface area contributed by atoms with Crippen LogP contribution in [0.15, 0.2) is 30.3 Å². The lowest BCUT2D eigenvalue weighted by atomic mass is 9.91. The molecule has 0 heterocycles. The standard InChI is InChI=1S/C50H94O3/c1-41(2)20-14-22-43(5)24-16-26-45(7)28-18-30-47(9)34-36-51-39-50(40-52-38-49-32-12-11-13-33-49)53-37-35-48(10)31-19-29-46(8)27-17-25-44(6)23-15-21-42(3)4/h11-13,32-33,41-48,50H,14-31,34-40H2,1-10H3. The number of hydrogen-bond donors (Lipinski definition) is 0. The molecule has 0 amide bonds. The van der Waals surface area contributed by atoms with Gasteiger partial charge < -0.3 is 14.2 Å². The second kappa shape index (κ2) is 33.3. The summed E-state index contributed by atoms with van der Waals surface area (Å²) in [4.78, 5) is 0. The van der Waals surface area contributed by atoms with Gasteiger partial charge in [0, 0.05) is 13.2 Å². The topological polar surface area (TPSA) is 27.7 Å². The van der Waals surface area contributed by atoms with Crippen molar-refractivity contribution in [2.45, 2.75) is 210 Å². The van der Waals surface area contributed by atoms with E-state index in [-0.39, 0.29) is 6.10 Å². The molecule has 1 rings (SSSR count). The van der Waals surface area contributed by atoms with Crippen LogP contribution in [0.25, 0.3) is 0 Å². The van der Waals surface area contributed by atoms with Crippen LogP contribution in [-0.4, -0.2) is 32.5 Å². The molecular weight excluding hydrogens is 649 g/mol. The second-order valence-corrected chi connectivity index (χ2v) is 19.1. The van der Waals surface area contributed by atoms with Gasteiger partial charge in [0.2, 0.25) is 0 Å². The number of benzene rings is 1. The van der Waals surface area contributed by atoms with E-state index in [1.165, 1.54) is 121 Å². The minimum Gasteiger partial charge on any atom is -0.379 e. The zero-order valence-electron chi connectivity index (χ0n) is 37.5. The molecule has 7 unspecified atom stereocenters. The first kappa shape index (κ1) is 50.1. The molecule has 312 valence electrons. The molecule has 3 nitrogen and oxygen atoms in total. The van der Waals surface area contributed by atoms with E-state index in [0.717, 1.165) is 61.6 Å². The van der Waals surface area contributed by atoms with Gasteiger partial charge in [0.25, 0.3) is 0 Å². The summed E-state index contributed by atoms with van der Waals surface area (Å²) in [5, 5.41) is 0. The Morgan fingerprint density at radius 2 is 0.717 bits per heavy atom. The molecule has 0 spiro atoms. The molecule has 0 aliphatic carbocycles. The van der Waals surface area contributed by atoms with Crippen molar-refractivity contribution in [2.75, 3.05) is 26.4 Å². The minimum absolute atomic E-state index is 0.00669. The Bertz CT molecular complexity index is 899. The third kappa shape index (κ3) is 31.9. The predicted molar refractivity (Wildman–Crippen MR) is 234 cm³/mol. The van der Waals surface area contributed by atoms with Gasteiger partial charge in [-0.1, -0.05) is 215 Å². The Hall–Kier alpha value is -0.900. The van der Waals surface area contributed by atoms with E-state index < -0.39 is 0 Å². The van der Waals surface area contributed by atoms with Crippen LogP contribution >= 0.6 is 0 Å². The summed E-state index contributed by atoms with van der Waals surface area (Å²) in [7, 11) is 0. The molecule has 0 aliphatic heterocycles. The van der Waals surface area contributed by atoms with Crippen LogP contribution in [-0.2, 0) is 20.8 Å². The van der Waals surface area contributed by atoms with E-state index in [2.05, 4.69) is 99.6 Å². The summed E-state index contributed by atoms with van der Waals surface area (Å²) >= 11 is 0. The first-order valence-corrected chi connectivity index (χ1v) is 23.2. The average molecular weight is 743 g/mol. The zero-order valence-corrected chi connectivity index (χ0v) is 37.5. The zero-order chi connectivity index (χ0) is 39.1. The third-order valence-electron chi connectivity index (χ3n) is 12.0. The van der Waals surface area contributed by atoms with Gasteiger partial charge >= 0.3 is 0 Å². The number of hydrogen-bond acceptors (Lipinski definition) is 3. The van der Waals surface area contributed by atoms with E-state index in [9.17, 15) is 0 Å². The maximum absolute atomic E-state index is 6.42. The van der Waals surface area contributed by atoms with Gasteiger partial charge in [-0.15, -0.1) is 0 Å². The van der Waals surface area contributed by atoms with Crippen LogP contribution < -0.4 is 0 Å². The Kier molecular flexibility index (Phi) is 31.5. The first-order chi connectivity index (χ1) is 25.4. The van der Waals surface area contributed by atoms with E-state index in [1.54, 1.807) is 0 Å². The maximum Gasteiger partial charge on any atom is 0.104 e. The summed E-state index contributed by atoms with van der Waals surface area (Å²) in [6.07, 6.45) is 27.1. The van der Waals surface area contributed by atoms with E-state index >= 15 is 0 Å². The molecule has 0 bridgehead atoms. The molecule has 7 atom stereocenters. The number of ether oxygens (including phenoxy) is 3. The Labute approximate surface area is 333 Å². The van der Waals surface area contributed by atoms with Crippen molar-refractivity contribution in [3.63, 3.8) is 0 Å². The highest BCUT2D eigenvalue weighted by atomic mass is 16.6. The summed E-state index contributed by atoms with van der Waals surface area (Å²) in [6, 6.07) is 10.5. The van der Waals surface area contributed by atoms with Crippen LogP contribution in [0.4, 0.5) is 0 Å². The molecular formula is C50H94O3. The van der Waals surface area contributed by atoms with Crippen molar-refractivity contribution in [1.82, 2.24) is 0 Å². The van der Waals surface area contributed by atoms with Crippen molar-refractivity contribution < 1.29 is 14.2 Å². The highest BCUT2D eigenvalue weighted by molar-refractivity contribution is 5.13. The smallest absolute Gasteiger partial charge is 0.104 e. The lowest BCUT2D eigenvalue weighted by molar-refractivity contribution is -0.0670. The Morgan fingerprint density at radius 1 is 0.377 bits per heavy atom. The van der Waals surface area contributed by atoms with Crippen LogP contribution in [0.1, 0.15) is 203 Å². The van der Waals surface area contributed by atoms with E-state index in [0.29, 0.717) is 31.7 Å². The SMILES string of the molecule is CC(C)CCCC(C)CCCC(C)CCCC(C)CCOCC(COCc1ccccc1)OCCC(C)CCCC(C)CCCC(C)CCCC(C)C. The fraction of sp³-hybridized carbons (Fsp3) is 0.880. The average Bonchev–Trinajstić information content (AvgIpc) is 3.10. The first-order valence-electron chi connectivity index (χ1n) is 23.2. The molecule has 0 saturated heterocycles. The summed E-state index contributed by atoms with van der Waals surface area (Å²) in [6.45, 7) is 27.5. The van der Waals surface area contributed by atoms with Crippen molar-refractivity contribution in [3.8, 4) is 0 Å². The quantitative estimate of drug-likeness (QED) is 0.0635. The van der Waals surface area contributed by atoms with Crippen molar-refractivity contribution >= 4 is 0 Å². The van der Waals surface area contributed by atoms with Gasteiger partial charge in [-0.25, -0.2) is 0 Å². The molecule has 1 aromatic rings. The van der Waals surface area contributed by atoms with E-state index in [1.807, 2.05) is 0 Å². The fourth-order valence-corrected chi connectivity index (χ4v) is 7.84. The molecule has 53 heavy (non-hydrogen) atoms. The van der Waals surface area contributed by atoms with Gasteiger partial charge in [-0.05, 0) is 65.7 Å². The molecule has 0 aliphatic rings. The van der Waals surface area contributed by atoms with Crippen LogP contribution in [0.5, 0.6) is 0 Å². The molecule has 1 aromatic carbocycles. The molecule has 0 N–H and O–H groups in total. The summed E-state index contributed by atoms with van der Waals surface area (Å²) in [5.74, 6) is 6.60. The molecule has 0 radical (unpaired) electrons. The van der Waals surface area contributed by atoms with Gasteiger partial charge in [0.05, 0.1) is 19.8 Å². The molecule has 0 saturated carbocycles. The Morgan fingerprint density at radius 3 is 1.11 bits per heavy atom. The highest BCUT2D eigenvalue weighted by Gasteiger charge is 2.14. The lowest BCUT2D eigenvalue weighted by Crippen LogP contribution is -2.27. The van der Waals surface area contributed by atoms with Crippen molar-refractivity contribution in [3.05, 3.63) is 35.9 Å². The summed E-state index contributed by atoms with van der Waals surface area (Å²) in [5.41, 5.74) is 1.21. The van der Waals surface area contributed by atoms with Gasteiger partial charge in [-0.2, -0.15) is 0 Å². The van der Waals surface area contributed by atoms with Crippen molar-refractivity contribution in [1.29, 1.82) is 0 Å². The van der Waals surface area contributed by atoms with Crippen LogP contribution in [0, 0.1) is 47.3 Å².